The van der Waals surface area contributed by atoms with Crippen molar-refractivity contribution in [2.75, 3.05) is 19.5 Å². The molecule has 128 valence electrons. The predicted octanol–water partition coefficient (Wildman–Crippen LogP) is 4.67. The lowest BCUT2D eigenvalue weighted by atomic mass is 10.1. The van der Waals surface area contributed by atoms with Crippen molar-refractivity contribution in [1.29, 1.82) is 5.26 Å². The van der Waals surface area contributed by atoms with Crippen molar-refractivity contribution in [2.45, 2.75) is 0 Å². The fourth-order valence-electron chi connectivity index (χ4n) is 2.05. The Labute approximate surface area is 158 Å². The number of nitrogens with one attached hydrogen (secondary N) is 1. The van der Waals surface area contributed by atoms with Gasteiger partial charge in [0.05, 0.1) is 29.4 Å². The molecule has 0 aromatic heterocycles. The lowest BCUT2D eigenvalue weighted by Crippen LogP contribution is -2.13. The van der Waals surface area contributed by atoms with E-state index in [4.69, 9.17) is 21.1 Å². The first kappa shape index (κ1) is 18.8. The monoisotopic (exact) mass is 420 g/mol. The summed E-state index contributed by atoms with van der Waals surface area (Å²) in [6.07, 6.45) is 1.44. The number of halogens is 2. The van der Waals surface area contributed by atoms with Crippen LogP contribution >= 0.6 is 27.5 Å². The van der Waals surface area contributed by atoms with Gasteiger partial charge in [0.1, 0.15) is 23.1 Å². The molecular weight excluding hydrogens is 408 g/mol. The zero-order valence-corrected chi connectivity index (χ0v) is 15.8. The Bertz CT molecular complexity index is 875. The van der Waals surface area contributed by atoms with Crippen molar-refractivity contribution >= 4 is 45.2 Å². The fourth-order valence-corrected chi connectivity index (χ4v) is 2.76. The highest BCUT2D eigenvalue weighted by Crippen LogP contribution is 2.34. The molecule has 0 aliphatic carbocycles. The van der Waals surface area contributed by atoms with Crippen LogP contribution in [0.5, 0.6) is 11.5 Å². The van der Waals surface area contributed by atoms with E-state index in [1.54, 1.807) is 36.4 Å². The average molecular weight is 422 g/mol. The van der Waals surface area contributed by atoms with Gasteiger partial charge in [-0.2, -0.15) is 5.26 Å². The van der Waals surface area contributed by atoms with Crippen molar-refractivity contribution in [1.82, 2.24) is 0 Å². The second-order valence-electron chi connectivity index (χ2n) is 4.83. The summed E-state index contributed by atoms with van der Waals surface area (Å²) in [6, 6.07) is 12.1. The minimum absolute atomic E-state index is 0.0877. The molecule has 0 heterocycles. The highest BCUT2D eigenvalue weighted by molar-refractivity contribution is 9.10. The Balaban J connectivity index is 2.37. The van der Waals surface area contributed by atoms with Crippen LogP contribution in [0, 0.1) is 11.3 Å². The van der Waals surface area contributed by atoms with Crippen LogP contribution in [0.15, 0.2) is 46.4 Å². The van der Waals surface area contributed by atoms with Gasteiger partial charge in [-0.05, 0) is 40.2 Å². The topological polar surface area (TPSA) is 71.3 Å². The maximum Gasteiger partial charge on any atom is 0.266 e. The second kappa shape index (κ2) is 8.56. The number of rotatable bonds is 5. The Kier molecular flexibility index (Phi) is 6.45. The van der Waals surface area contributed by atoms with E-state index in [-0.39, 0.29) is 5.57 Å². The predicted molar refractivity (Wildman–Crippen MR) is 101 cm³/mol. The van der Waals surface area contributed by atoms with E-state index in [0.717, 1.165) is 0 Å². The van der Waals surface area contributed by atoms with Crippen LogP contribution in [-0.4, -0.2) is 20.1 Å². The highest BCUT2D eigenvalue weighted by atomic mass is 79.9. The van der Waals surface area contributed by atoms with Gasteiger partial charge in [-0.3, -0.25) is 4.79 Å². The maximum atomic E-state index is 12.4. The lowest BCUT2D eigenvalue weighted by molar-refractivity contribution is -0.112. The molecule has 25 heavy (non-hydrogen) atoms. The van der Waals surface area contributed by atoms with Crippen molar-refractivity contribution in [3.05, 3.63) is 57.0 Å². The molecule has 0 unspecified atom stereocenters. The molecule has 1 N–H and O–H groups in total. The number of methoxy groups -OCH3 is 2. The number of nitrogens with zero attached hydrogens (tertiary/aromatic N) is 1. The Morgan fingerprint density at radius 3 is 2.52 bits per heavy atom. The molecule has 2 aromatic rings. The molecule has 1 amide bonds. The average Bonchev–Trinajstić information content (AvgIpc) is 2.61. The molecule has 0 saturated carbocycles. The molecule has 0 aliphatic heterocycles. The summed E-state index contributed by atoms with van der Waals surface area (Å²) >= 11 is 9.39. The fraction of sp³-hybridized carbons (Fsp3) is 0.111. The van der Waals surface area contributed by atoms with Crippen LogP contribution in [0.2, 0.25) is 5.02 Å². The normalized spacial score (nSPS) is 10.8. The van der Waals surface area contributed by atoms with Crippen molar-refractivity contribution in [2.24, 2.45) is 0 Å². The van der Waals surface area contributed by atoms with Gasteiger partial charge < -0.3 is 14.8 Å². The minimum atomic E-state index is -0.565. The van der Waals surface area contributed by atoms with Crippen LogP contribution in [0.1, 0.15) is 5.56 Å². The van der Waals surface area contributed by atoms with Gasteiger partial charge in [0.25, 0.3) is 5.91 Å². The Morgan fingerprint density at radius 2 is 1.92 bits per heavy atom. The van der Waals surface area contributed by atoms with E-state index in [2.05, 4.69) is 21.2 Å². The molecule has 2 aromatic carbocycles. The van der Waals surface area contributed by atoms with Crippen LogP contribution in [-0.2, 0) is 4.79 Å². The molecule has 0 spiro atoms. The van der Waals surface area contributed by atoms with Crippen LogP contribution in [0.3, 0.4) is 0 Å². The van der Waals surface area contributed by atoms with E-state index in [9.17, 15) is 10.1 Å². The summed E-state index contributed by atoms with van der Waals surface area (Å²) in [5.41, 5.74) is 0.898. The quantitative estimate of drug-likeness (QED) is 0.563. The van der Waals surface area contributed by atoms with E-state index in [1.807, 2.05) is 6.07 Å². The van der Waals surface area contributed by atoms with Gasteiger partial charge in [0.2, 0.25) is 0 Å². The highest BCUT2D eigenvalue weighted by Gasteiger charge is 2.14. The molecule has 0 aliphatic rings. The SMILES string of the molecule is COc1cc(OC)c(/C=C(\C#N)C(=O)Nc2ccccc2Cl)cc1Br. The van der Waals surface area contributed by atoms with Crippen LogP contribution < -0.4 is 14.8 Å². The third kappa shape index (κ3) is 4.53. The van der Waals surface area contributed by atoms with E-state index in [1.165, 1.54) is 20.3 Å². The first-order valence-corrected chi connectivity index (χ1v) is 8.26. The standard InChI is InChI=1S/C18H14BrClN2O3/c1-24-16-9-17(25-2)13(19)8-11(16)7-12(10-21)18(23)22-15-6-4-3-5-14(15)20/h3-9H,1-2H3,(H,22,23)/b12-7+. The number of para-hydroxylation sites is 1. The number of amides is 1. The van der Waals surface area contributed by atoms with Gasteiger partial charge in [-0.1, -0.05) is 23.7 Å². The number of anilines is 1. The number of hydrogen-bond acceptors (Lipinski definition) is 4. The van der Waals surface area contributed by atoms with Gasteiger partial charge in [0.15, 0.2) is 0 Å². The molecule has 7 heteroatoms. The van der Waals surface area contributed by atoms with E-state index < -0.39 is 5.91 Å². The van der Waals surface area contributed by atoms with Gasteiger partial charge in [0, 0.05) is 11.6 Å². The molecular formula is C18H14BrClN2O3. The molecule has 0 bridgehead atoms. The van der Waals surface area contributed by atoms with Crippen molar-refractivity contribution < 1.29 is 14.3 Å². The summed E-state index contributed by atoms with van der Waals surface area (Å²) < 4.78 is 11.2. The lowest BCUT2D eigenvalue weighted by Gasteiger charge is -2.10. The molecule has 5 nitrogen and oxygen atoms in total. The smallest absolute Gasteiger partial charge is 0.266 e. The van der Waals surface area contributed by atoms with Crippen molar-refractivity contribution in [3.8, 4) is 17.6 Å². The molecule has 0 saturated heterocycles. The maximum absolute atomic E-state index is 12.4. The van der Waals surface area contributed by atoms with Gasteiger partial charge in [-0.25, -0.2) is 0 Å². The largest absolute Gasteiger partial charge is 0.496 e. The summed E-state index contributed by atoms with van der Waals surface area (Å²) in [5, 5.41) is 12.4. The Morgan fingerprint density at radius 1 is 1.24 bits per heavy atom. The number of carbonyl (C=O) groups is 1. The summed E-state index contributed by atoms with van der Waals surface area (Å²) in [6.45, 7) is 0. The van der Waals surface area contributed by atoms with Crippen LogP contribution in [0.4, 0.5) is 5.69 Å². The third-order valence-electron chi connectivity index (χ3n) is 3.29. The Hall–Kier alpha value is -2.49. The first-order valence-electron chi connectivity index (χ1n) is 7.09. The first-order chi connectivity index (χ1) is 12.0. The number of carbonyl (C=O) groups excluding carboxylic acids is 1. The molecule has 2 rings (SSSR count). The number of benzene rings is 2. The van der Waals surface area contributed by atoms with Crippen molar-refractivity contribution in [3.63, 3.8) is 0 Å². The zero-order valence-electron chi connectivity index (χ0n) is 13.5. The number of nitriles is 1. The minimum Gasteiger partial charge on any atom is -0.496 e. The molecule has 0 fully saturated rings. The van der Waals surface area contributed by atoms with Gasteiger partial charge in [-0.15, -0.1) is 0 Å². The summed E-state index contributed by atoms with van der Waals surface area (Å²) in [4.78, 5) is 12.4. The molecule has 0 atom stereocenters. The summed E-state index contributed by atoms with van der Waals surface area (Å²) in [5.74, 6) is 0.482. The zero-order chi connectivity index (χ0) is 18.4. The second-order valence-corrected chi connectivity index (χ2v) is 6.09. The van der Waals surface area contributed by atoms with E-state index in [0.29, 0.717) is 32.2 Å². The number of ether oxygens (including phenoxy) is 2. The van der Waals surface area contributed by atoms with Gasteiger partial charge >= 0.3 is 0 Å². The van der Waals surface area contributed by atoms with Crippen LogP contribution in [0.25, 0.3) is 6.08 Å². The third-order valence-corrected chi connectivity index (χ3v) is 4.24. The summed E-state index contributed by atoms with van der Waals surface area (Å²) in [7, 11) is 3.03. The molecule has 0 radical (unpaired) electrons. The number of hydrogen-bond donors (Lipinski definition) is 1. The van der Waals surface area contributed by atoms with E-state index >= 15 is 0 Å².